The molecule has 1 N–H and O–H groups in total. The minimum atomic E-state index is -1.01. The van der Waals surface area contributed by atoms with Gasteiger partial charge in [-0.2, -0.15) is 0 Å². The van der Waals surface area contributed by atoms with E-state index in [1.165, 1.54) is 12.1 Å². The van der Waals surface area contributed by atoms with Crippen LogP contribution in [0.4, 0.5) is 5.88 Å². The molecule has 2 rings (SSSR count). The molecule has 1 aliphatic heterocycles. The van der Waals surface area contributed by atoms with E-state index >= 15 is 0 Å². The number of carbonyl (C=O) groups is 1. The molecule has 18 heavy (non-hydrogen) atoms. The van der Waals surface area contributed by atoms with Crippen LogP contribution in [-0.2, 0) is 16.1 Å². The number of aliphatic carboxylic acids is 1. The first-order chi connectivity index (χ1) is 8.56. The maximum absolute atomic E-state index is 10.8. The number of nitro groups is 1. The Balaban J connectivity index is 1.96. The van der Waals surface area contributed by atoms with Crippen LogP contribution in [0.1, 0.15) is 5.76 Å². The van der Waals surface area contributed by atoms with Crippen molar-refractivity contribution >= 4 is 11.9 Å². The second kappa shape index (κ2) is 5.15. The van der Waals surface area contributed by atoms with Crippen LogP contribution in [0.2, 0.25) is 0 Å². The zero-order chi connectivity index (χ0) is 13.1. The summed E-state index contributed by atoms with van der Waals surface area (Å²) in [7, 11) is 0. The molecule has 1 unspecified atom stereocenters. The maximum Gasteiger partial charge on any atom is 0.433 e. The van der Waals surface area contributed by atoms with Crippen molar-refractivity contribution in [3.05, 3.63) is 28.0 Å². The van der Waals surface area contributed by atoms with Crippen LogP contribution < -0.4 is 0 Å². The highest BCUT2D eigenvalue weighted by molar-refractivity contribution is 5.72. The highest BCUT2D eigenvalue weighted by atomic mass is 16.6. The smallest absolute Gasteiger partial charge is 0.433 e. The lowest BCUT2D eigenvalue weighted by Gasteiger charge is -2.29. The van der Waals surface area contributed by atoms with Crippen LogP contribution >= 0.6 is 0 Å². The summed E-state index contributed by atoms with van der Waals surface area (Å²) in [6.45, 7) is 1.46. The molecule has 1 atom stereocenters. The highest BCUT2D eigenvalue weighted by Crippen LogP contribution is 2.18. The molecule has 1 aromatic rings. The molecule has 2 heterocycles. The SMILES string of the molecule is O=C(O)C1CN(Cc2ccc([N+](=O)[O-])o2)CCO1. The molecule has 0 saturated carbocycles. The van der Waals surface area contributed by atoms with E-state index in [1.54, 1.807) is 0 Å². The molecule has 1 aromatic heterocycles. The highest BCUT2D eigenvalue weighted by Gasteiger charge is 2.27. The number of furan rings is 1. The average molecular weight is 256 g/mol. The Morgan fingerprint density at radius 2 is 2.39 bits per heavy atom. The summed E-state index contributed by atoms with van der Waals surface area (Å²) in [5.41, 5.74) is 0. The number of rotatable bonds is 4. The van der Waals surface area contributed by atoms with E-state index in [-0.39, 0.29) is 12.4 Å². The van der Waals surface area contributed by atoms with Crippen LogP contribution in [0, 0.1) is 10.1 Å². The maximum atomic E-state index is 10.8. The van der Waals surface area contributed by atoms with E-state index in [0.717, 1.165) is 0 Å². The van der Waals surface area contributed by atoms with Gasteiger partial charge in [0.05, 0.1) is 19.2 Å². The van der Waals surface area contributed by atoms with E-state index < -0.39 is 17.0 Å². The summed E-state index contributed by atoms with van der Waals surface area (Å²) in [5.74, 6) is -0.883. The van der Waals surface area contributed by atoms with Gasteiger partial charge >= 0.3 is 11.9 Å². The van der Waals surface area contributed by atoms with Crippen molar-refractivity contribution in [2.24, 2.45) is 0 Å². The Labute approximate surface area is 102 Å². The number of hydrogen-bond donors (Lipinski definition) is 1. The Morgan fingerprint density at radius 3 is 3.00 bits per heavy atom. The number of morpholine rings is 1. The van der Waals surface area contributed by atoms with Crippen molar-refractivity contribution in [2.45, 2.75) is 12.6 Å². The summed E-state index contributed by atoms with van der Waals surface area (Å²) in [4.78, 5) is 22.4. The summed E-state index contributed by atoms with van der Waals surface area (Å²) < 4.78 is 10.1. The standard InChI is InChI=1S/C10H12N2O6/c13-10(14)8-6-11(3-4-17-8)5-7-1-2-9(18-7)12(15)16/h1-2,8H,3-6H2,(H,13,14). The van der Waals surface area contributed by atoms with Crippen molar-refractivity contribution in [1.29, 1.82) is 0 Å². The average Bonchev–Trinajstić information content (AvgIpc) is 2.78. The first kappa shape index (κ1) is 12.5. The van der Waals surface area contributed by atoms with Gasteiger partial charge in [0, 0.05) is 13.1 Å². The molecule has 1 aliphatic rings. The van der Waals surface area contributed by atoms with Gasteiger partial charge in [-0.15, -0.1) is 0 Å². The first-order valence-electron chi connectivity index (χ1n) is 5.36. The molecule has 0 spiro atoms. The number of carboxylic acid groups (broad SMARTS) is 1. The Morgan fingerprint density at radius 1 is 1.61 bits per heavy atom. The van der Waals surface area contributed by atoms with Crippen molar-refractivity contribution < 1.29 is 24.0 Å². The van der Waals surface area contributed by atoms with E-state index in [9.17, 15) is 14.9 Å². The molecule has 0 bridgehead atoms. The van der Waals surface area contributed by atoms with Crippen molar-refractivity contribution in [2.75, 3.05) is 19.7 Å². The molecule has 0 amide bonds. The van der Waals surface area contributed by atoms with E-state index in [0.29, 0.717) is 25.5 Å². The summed E-state index contributed by atoms with van der Waals surface area (Å²) in [6, 6.07) is 2.80. The Kier molecular flexibility index (Phi) is 3.58. The number of nitrogens with zero attached hydrogens (tertiary/aromatic N) is 2. The number of carboxylic acids is 1. The normalized spacial score (nSPS) is 20.8. The zero-order valence-corrected chi connectivity index (χ0v) is 9.44. The fraction of sp³-hybridized carbons (Fsp3) is 0.500. The molecule has 0 radical (unpaired) electrons. The van der Waals surface area contributed by atoms with E-state index in [4.69, 9.17) is 14.3 Å². The Bertz CT molecular complexity index is 457. The van der Waals surface area contributed by atoms with Crippen molar-refractivity contribution in [3.63, 3.8) is 0 Å². The second-order valence-electron chi connectivity index (χ2n) is 3.93. The Hall–Kier alpha value is -1.93. The van der Waals surface area contributed by atoms with Crippen LogP contribution in [-0.4, -0.2) is 46.7 Å². The summed E-state index contributed by atoms with van der Waals surface area (Å²) in [5, 5.41) is 19.3. The molecular weight excluding hydrogens is 244 g/mol. The van der Waals surface area contributed by atoms with Crippen molar-refractivity contribution in [1.82, 2.24) is 4.90 Å². The zero-order valence-electron chi connectivity index (χ0n) is 9.44. The molecule has 98 valence electrons. The topological polar surface area (TPSA) is 106 Å². The third kappa shape index (κ3) is 2.84. The predicted octanol–water partition coefficient (Wildman–Crippen LogP) is 0.473. The molecular formula is C10H12N2O6. The van der Waals surface area contributed by atoms with Gasteiger partial charge < -0.3 is 14.3 Å². The van der Waals surface area contributed by atoms with E-state index in [2.05, 4.69) is 0 Å². The van der Waals surface area contributed by atoms with Gasteiger partial charge in [-0.1, -0.05) is 0 Å². The monoisotopic (exact) mass is 256 g/mol. The minimum absolute atomic E-state index is 0.240. The lowest BCUT2D eigenvalue weighted by molar-refractivity contribution is -0.402. The largest absolute Gasteiger partial charge is 0.479 e. The van der Waals surface area contributed by atoms with Gasteiger partial charge in [-0.05, 0) is 6.07 Å². The van der Waals surface area contributed by atoms with Gasteiger partial charge in [0.1, 0.15) is 10.7 Å². The number of hydrogen-bond acceptors (Lipinski definition) is 6. The molecule has 1 fully saturated rings. The third-order valence-electron chi connectivity index (χ3n) is 2.63. The fourth-order valence-corrected chi connectivity index (χ4v) is 1.77. The molecule has 0 aliphatic carbocycles. The lowest BCUT2D eigenvalue weighted by Crippen LogP contribution is -2.45. The van der Waals surface area contributed by atoms with Crippen molar-refractivity contribution in [3.8, 4) is 0 Å². The summed E-state index contributed by atoms with van der Waals surface area (Å²) in [6.07, 6.45) is -0.858. The fourth-order valence-electron chi connectivity index (χ4n) is 1.77. The minimum Gasteiger partial charge on any atom is -0.479 e. The quantitative estimate of drug-likeness (QED) is 0.616. The van der Waals surface area contributed by atoms with E-state index in [1.807, 2.05) is 4.90 Å². The van der Waals surface area contributed by atoms with Crippen LogP contribution in [0.5, 0.6) is 0 Å². The van der Waals surface area contributed by atoms with Gasteiger partial charge in [0.25, 0.3) is 0 Å². The van der Waals surface area contributed by atoms with Crippen LogP contribution in [0.15, 0.2) is 16.5 Å². The number of ether oxygens (including phenoxy) is 1. The lowest BCUT2D eigenvalue weighted by atomic mass is 10.2. The van der Waals surface area contributed by atoms with Crippen LogP contribution in [0.3, 0.4) is 0 Å². The molecule has 8 heteroatoms. The van der Waals surface area contributed by atoms with Gasteiger partial charge in [-0.3, -0.25) is 15.0 Å². The van der Waals surface area contributed by atoms with Gasteiger partial charge in [0.15, 0.2) is 6.10 Å². The summed E-state index contributed by atoms with van der Waals surface area (Å²) >= 11 is 0. The third-order valence-corrected chi connectivity index (χ3v) is 2.63. The van der Waals surface area contributed by atoms with Gasteiger partial charge in [-0.25, -0.2) is 4.79 Å². The second-order valence-corrected chi connectivity index (χ2v) is 3.93. The predicted molar refractivity (Wildman–Crippen MR) is 58.0 cm³/mol. The first-order valence-corrected chi connectivity index (χ1v) is 5.36. The van der Waals surface area contributed by atoms with Crippen LogP contribution in [0.25, 0.3) is 0 Å². The molecule has 0 aromatic carbocycles. The van der Waals surface area contributed by atoms with Gasteiger partial charge in [0.2, 0.25) is 0 Å². The molecule has 1 saturated heterocycles. The molecule has 8 nitrogen and oxygen atoms in total.